The van der Waals surface area contributed by atoms with Crippen molar-refractivity contribution in [3.8, 4) is 0 Å². The molecular formula is C7H16Cl2N2Pt. The predicted octanol–water partition coefficient (Wildman–Crippen LogP) is 1.84. The van der Waals surface area contributed by atoms with Gasteiger partial charge in [-0.05, 0) is 25.3 Å². The molecule has 12 heavy (non-hydrogen) atoms. The first-order chi connectivity index (χ1) is 5.76. The summed E-state index contributed by atoms with van der Waals surface area (Å²) in [6, 6.07) is 0.392. The van der Waals surface area contributed by atoms with Crippen molar-refractivity contribution in [2.45, 2.75) is 31.7 Å². The topological polar surface area (TPSA) is 52.0 Å². The van der Waals surface area contributed by atoms with E-state index >= 15 is 0 Å². The first kappa shape index (κ1) is 13.2. The summed E-state index contributed by atoms with van der Waals surface area (Å²) >= 11 is -0.472. The van der Waals surface area contributed by atoms with Gasteiger partial charge in [-0.3, -0.25) is 0 Å². The van der Waals surface area contributed by atoms with Crippen LogP contribution in [0.5, 0.6) is 0 Å². The number of nitrogens with two attached hydrogens (primary N) is 2. The second kappa shape index (κ2) is 8.77. The number of hydrogen-bond donors (Lipinski definition) is 2. The molecule has 2 unspecified atom stereocenters. The fourth-order valence-corrected chi connectivity index (χ4v) is 1.53. The molecule has 1 rings (SSSR count). The van der Waals surface area contributed by atoms with Gasteiger partial charge in [0.2, 0.25) is 0 Å². The summed E-state index contributed by atoms with van der Waals surface area (Å²) in [7, 11) is 9.75. The van der Waals surface area contributed by atoms with Crippen LogP contribution in [0.2, 0.25) is 0 Å². The normalized spacial score (nSPS) is 29.3. The maximum absolute atomic E-state index is 5.81. The van der Waals surface area contributed by atoms with Crippen molar-refractivity contribution >= 4 is 18.8 Å². The van der Waals surface area contributed by atoms with Gasteiger partial charge in [-0.25, -0.2) is 0 Å². The van der Waals surface area contributed by atoms with E-state index in [1.807, 2.05) is 0 Å². The molecule has 1 saturated carbocycles. The van der Waals surface area contributed by atoms with Crippen molar-refractivity contribution in [3.05, 3.63) is 0 Å². The third-order valence-electron chi connectivity index (χ3n) is 2.27. The molecule has 1 aliphatic carbocycles. The molecule has 5 heteroatoms. The monoisotopic (exact) mass is 393 g/mol. The Kier molecular flexibility index (Phi) is 9.64. The van der Waals surface area contributed by atoms with Crippen LogP contribution in [0.15, 0.2) is 0 Å². The van der Waals surface area contributed by atoms with E-state index in [1.54, 1.807) is 0 Å². The molecule has 0 amide bonds. The zero-order valence-corrected chi connectivity index (χ0v) is 10.7. The van der Waals surface area contributed by atoms with Gasteiger partial charge < -0.3 is 11.5 Å². The van der Waals surface area contributed by atoms with Gasteiger partial charge in [0.15, 0.2) is 0 Å². The van der Waals surface area contributed by atoms with E-state index in [0.29, 0.717) is 12.0 Å². The molecule has 0 radical (unpaired) electrons. The zero-order chi connectivity index (χ0) is 9.40. The molecule has 0 aromatic carbocycles. The summed E-state index contributed by atoms with van der Waals surface area (Å²) < 4.78 is 0. The van der Waals surface area contributed by atoms with Gasteiger partial charge in [0, 0.05) is 6.04 Å². The summed E-state index contributed by atoms with van der Waals surface area (Å²) in [5.74, 6) is 0.610. The number of rotatable bonds is 1. The average Bonchev–Trinajstić information content (AvgIpc) is 2.07. The Morgan fingerprint density at radius 1 is 1.25 bits per heavy atom. The molecule has 2 atom stereocenters. The SMILES string of the molecule is NCC1CCCCC1N.[Cl][Pt][Cl]. The van der Waals surface area contributed by atoms with Gasteiger partial charge in [0.05, 0.1) is 0 Å². The van der Waals surface area contributed by atoms with Crippen LogP contribution in [0.4, 0.5) is 0 Å². The second-order valence-electron chi connectivity index (χ2n) is 2.99. The molecule has 0 aromatic rings. The van der Waals surface area contributed by atoms with Crippen LogP contribution < -0.4 is 11.5 Å². The Labute approximate surface area is 90.7 Å². The summed E-state index contributed by atoms with van der Waals surface area (Å²) in [6.07, 6.45) is 5.06. The Morgan fingerprint density at radius 2 is 1.75 bits per heavy atom. The van der Waals surface area contributed by atoms with Crippen LogP contribution in [-0.2, 0) is 16.5 Å². The van der Waals surface area contributed by atoms with Gasteiger partial charge in [-0.15, -0.1) is 0 Å². The molecule has 0 heterocycles. The summed E-state index contributed by atoms with van der Waals surface area (Å²) in [4.78, 5) is 0. The average molecular weight is 394 g/mol. The van der Waals surface area contributed by atoms with E-state index in [-0.39, 0.29) is 0 Å². The molecule has 4 N–H and O–H groups in total. The van der Waals surface area contributed by atoms with Crippen molar-refractivity contribution in [2.75, 3.05) is 6.54 Å². The number of halogens is 2. The van der Waals surface area contributed by atoms with Crippen molar-refractivity contribution in [1.29, 1.82) is 0 Å². The quantitative estimate of drug-likeness (QED) is 0.714. The first-order valence-electron chi connectivity index (χ1n) is 4.04. The van der Waals surface area contributed by atoms with E-state index in [4.69, 9.17) is 30.3 Å². The van der Waals surface area contributed by atoms with E-state index in [0.717, 1.165) is 6.54 Å². The van der Waals surface area contributed by atoms with E-state index in [2.05, 4.69) is 0 Å². The predicted molar refractivity (Wildman–Crippen MR) is 50.7 cm³/mol. The standard InChI is InChI=1S/C7H16N2.2ClH.Pt/c8-5-6-3-1-2-4-7(6)9;;;/h6-7H,1-5,8-9H2;2*1H;/q;;;+2/p-2. The molecule has 0 aliphatic heterocycles. The Hall–Kier alpha value is 1.19. The Morgan fingerprint density at radius 3 is 2.08 bits per heavy atom. The Bertz CT molecular complexity index is 105. The van der Waals surface area contributed by atoms with Gasteiger partial charge in [-0.1, -0.05) is 12.8 Å². The summed E-state index contributed by atoms with van der Waals surface area (Å²) in [5, 5.41) is 0. The van der Waals surface area contributed by atoms with E-state index in [9.17, 15) is 0 Å². The minimum absolute atomic E-state index is 0.392. The number of hydrogen-bond acceptors (Lipinski definition) is 2. The minimum atomic E-state index is -0.472. The molecule has 78 valence electrons. The van der Waals surface area contributed by atoms with E-state index < -0.39 is 16.5 Å². The molecule has 0 aromatic heterocycles. The van der Waals surface area contributed by atoms with Crippen molar-refractivity contribution in [2.24, 2.45) is 17.4 Å². The van der Waals surface area contributed by atoms with Gasteiger partial charge in [0.25, 0.3) is 0 Å². The van der Waals surface area contributed by atoms with Crippen molar-refractivity contribution < 1.29 is 16.5 Å². The van der Waals surface area contributed by atoms with Crippen molar-refractivity contribution in [1.82, 2.24) is 0 Å². The van der Waals surface area contributed by atoms with Crippen LogP contribution in [0.25, 0.3) is 0 Å². The molecule has 1 fully saturated rings. The molecule has 0 spiro atoms. The van der Waals surface area contributed by atoms with Crippen LogP contribution in [0.1, 0.15) is 25.7 Å². The Balaban J connectivity index is 0.000000354. The molecule has 2 nitrogen and oxygen atoms in total. The summed E-state index contributed by atoms with van der Waals surface area (Å²) in [5.41, 5.74) is 11.3. The third kappa shape index (κ3) is 5.77. The van der Waals surface area contributed by atoms with Crippen LogP contribution in [0, 0.1) is 5.92 Å². The fraction of sp³-hybridized carbons (Fsp3) is 1.00. The first-order valence-corrected chi connectivity index (χ1v) is 9.67. The third-order valence-corrected chi connectivity index (χ3v) is 2.27. The fourth-order valence-electron chi connectivity index (χ4n) is 1.53. The molecule has 0 bridgehead atoms. The molecule has 0 saturated heterocycles. The van der Waals surface area contributed by atoms with Crippen LogP contribution >= 0.6 is 18.8 Å². The van der Waals surface area contributed by atoms with E-state index in [1.165, 1.54) is 25.7 Å². The van der Waals surface area contributed by atoms with Gasteiger partial charge in [0.1, 0.15) is 0 Å². The molecule has 1 aliphatic rings. The zero-order valence-electron chi connectivity index (χ0n) is 6.92. The molecular weight excluding hydrogens is 378 g/mol. The van der Waals surface area contributed by atoms with Crippen LogP contribution in [-0.4, -0.2) is 12.6 Å². The second-order valence-corrected chi connectivity index (χ2v) is 6.27. The van der Waals surface area contributed by atoms with Gasteiger partial charge in [-0.2, -0.15) is 0 Å². The summed E-state index contributed by atoms with van der Waals surface area (Å²) in [6.45, 7) is 0.779. The van der Waals surface area contributed by atoms with Gasteiger partial charge >= 0.3 is 35.3 Å². The van der Waals surface area contributed by atoms with Crippen LogP contribution in [0.3, 0.4) is 0 Å². The maximum atomic E-state index is 5.81. The van der Waals surface area contributed by atoms with Crippen molar-refractivity contribution in [3.63, 3.8) is 0 Å².